The topological polar surface area (TPSA) is 189 Å². The number of aromatic amines is 1. The van der Waals surface area contributed by atoms with Crippen molar-refractivity contribution in [2.75, 3.05) is 25.1 Å². The van der Waals surface area contributed by atoms with E-state index in [1.165, 1.54) is 18.5 Å². The van der Waals surface area contributed by atoms with E-state index in [1.807, 2.05) is 0 Å². The van der Waals surface area contributed by atoms with Crippen molar-refractivity contribution in [3.63, 3.8) is 0 Å². The number of carbonyl (C=O) groups excluding carboxylic acids is 4. The molecule has 3 N–H and O–H groups in total. The van der Waals surface area contributed by atoms with Crippen LogP contribution < -0.4 is 15.4 Å². The Kier molecular flexibility index (Phi) is 9.59. The zero-order valence-electron chi connectivity index (χ0n) is 26.3. The lowest BCUT2D eigenvalue weighted by Gasteiger charge is -2.19. The number of fused-ring (bicyclic) bond motifs is 1. The molecule has 0 spiro atoms. The number of amides is 2. The zero-order valence-corrected chi connectivity index (χ0v) is 26.3. The molecule has 4 heterocycles. The maximum atomic E-state index is 12.9. The molecule has 1 aliphatic rings. The molecule has 2 amide bonds. The van der Waals surface area contributed by atoms with Crippen molar-refractivity contribution in [3.05, 3.63) is 41.6 Å². The van der Waals surface area contributed by atoms with Gasteiger partial charge in [-0.3, -0.25) is 4.79 Å². The van der Waals surface area contributed by atoms with Gasteiger partial charge in [0.15, 0.2) is 5.82 Å². The number of aromatic nitrogens is 5. The minimum Gasteiger partial charge on any atom is -0.476 e. The number of anilines is 1. The van der Waals surface area contributed by atoms with E-state index in [-0.39, 0.29) is 53.9 Å². The number of nitrogens with one attached hydrogen (secondary N) is 3. The third-order valence-electron chi connectivity index (χ3n) is 5.83. The molecule has 0 atom stereocenters. The molecule has 0 unspecified atom stereocenters. The first-order valence-electron chi connectivity index (χ1n) is 14.3. The van der Waals surface area contributed by atoms with Gasteiger partial charge >= 0.3 is 18.2 Å². The molecule has 0 bridgehead atoms. The first-order valence-corrected chi connectivity index (χ1v) is 14.3. The monoisotopic (exact) mass is 623 g/mol. The van der Waals surface area contributed by atoms with E-state index in [0.29, 0.717) is 17.8 Å². The molecule has 15 heteroatoms. The SMILES string of the molecule is CCOC(=O)c1cc[nH]c1/C=C1\C(=O)Nc2cnc(-c3cn(C(=O)OC(C)(C)C)nc3OCCCNC(=O)OC(C)(C)C)nc21. The van der Waals surface area contributed by atoms with Crippen LogP contribution in [0, 0.1) is 0 Å². The maximum absolute atomic E-state index is 12.9. The fourth-order valence-corrected chi connectivity index (χ4v) is 4.04. The Morgan fingerprint density at radius 1 is 1.09 bits per heavy atom. The average molecular weight is 624 g/mol. The fourth-order valence-electron chi connectivity index (χ4n) is 4.04. The molecule has 0 aromatic carbocycles. The molecule has 0 saturated carbocycles. The number of rotatable bonds is 9. The Labute approximate surface area is 259 Å². The number of alkyl carbamates (subject to hydrolysis) is 1. The zero-order chi connectivity index (χ0) is 32.9. The second-order valence-electron chi connectivity index (χ2n) is 11.9. The molecule has 0 aliphatic carbocycles. The quantitative estimate of drug-likeness (QED) is 0.132. The lowest BCUT2D eigenvalue weighted by Crippen LogP contribution is -2.33. The number of nitrogens with zero attached hydrogens (tertiary/aromatic N) is 4. The van der Waals surface area contributed by atoms with Gasteiger partial charge in [-0.2, -0.15) is 4.68 Å². The van der Waals surface area contributed by atoms with Crippen molar-refractivity contribution in [3.8, 4) is 17.3 Å². The average Bonchev–Trinajstić information content (AvgIpc) is 3.64. The highest BCUT2D eigenvalue weighted by Gasteiger charge is 2.30. The molecule has 0 saturated heterocycles. The van der Waals surface area contributed by atoms with Crippen molar-refractivity contribution >= 4 is 41.4 Å². The smallest absolute Gasteiger partial charge is 0.435 e. The van der Waals surface area contributed by atoms with Crippen LogP contribution in [0.15, 0.2) is 24.7 Å². The molecular weight excluding hydrogens is 586 g/mol. The van der Waals surface area contributed by atoms with Crippen LogP contribution >= 0.6 is 0 Å². The maximum Gasteiger partial charge on any atom is 0.435 e. The Hall–Kier alpha value is -5.21. The summed E-state index contributed by atoms with van der Waals surface area (Å²) in [6, 6.07) is 1.56. The summed E-state index contributed by atoms with van der Waals surface area (Å²) in [6.45, 7) is 12.8. The van der Waals surface area contributed by atoms with Crippen LogP contribution in [0.25, 0.3) is 23.0 Å². The standard InChI is InChI=1S/C30H37N7O8/c1-8-42-26(39)17-10-12-31-20(17)14-18-22-21(34-24(18)38)15-33-23(35-22)19-16-37(28(41)45-30(5,6)7)36-25(19)43-13-9-11-32-27(40)44-29(2,3)4/h10,12,14-16,31H,8-9,11,13H2,1-7H3,(H,32,40)(H,34,38)/b18-14-. The summed E-state index contributed by atoms with van der Waals surface area (Å²) in [4.78, 5) is 62.0. The fraction of sp³-hybridized carbons (Fsp3) is 0.433. The lowest BCUT2D eigenvalue weighted by atomic mass is 10.1. The molecule has 240 valence electrons. The third kappa shape index (κ3) is 8.46. The van der Waals surface area contributed by atoms with Gasteiger partial charge in [0.25, 0.3) is 5.91 Å². The molecule has 15 nitrogen and oxygen atoms in total. The van der Waals surface area contributed by atoms with Crippen molar-refractivity contribution < 1.29 is 38.1 Å². The van der Waals surface area contributed by atoms with Crippen LogP contribution in [0.3, 0.4) is 0 Å². The van der Waals surface area contributed by atoms with Crippen molar-refractivity contribution in [2.45, 2.75) is 66.1 Å². The van der Waals surface area contributed by atoms with Crippen LogP contribution in [-0.2, 0) is 19.0 Å². The van der Waals surface area contributed by atoms with Crippen molar-refractivity contribution in [1.82, 2.24) is 30.0 Å². The van der Waals surface area contributed by atoms with E-state index in [1.54, 1.807) is 60.7 Å². The molecule has 4 rings (SSSR count). The second kappa shape index (κ2) is 13.2. The largest absolute Gasteiger partial charge is 0.476 e. The number of ether oxygens (including phenoxy) is 4. The molecule has 45 heavy (non-hydrogen) atoms. The van der Waals surface area contributed by atoms with Gasteiger partial charge in [-0.15, -0.1) is 5.10 Å². The summed E-state index contributed by atoms with van der Waals surface area (Å²) in [5, 5.41) is 9.63. The predicted octanol–water partition coefficient (Wildman–Crippen LogP) is 4.41. The van der Waals surface area contributed by atoms with Gasteiger partial charge < -0.3 is 34.6 Å². The van der Waals surface area contributed by atoms with Crippen LogP contribution in [0.5, 0.6) is 5.88 Å². The lowest BCUT2D eigenvalue weighted by molar-refractivity contribution is -0.110. The predicted molar refractivity (Wildman–Crippen MR) is 162 cm³/mol. The van der Waals surface area contributed by atoms with Crippen LogP contribution in [0.2, 0.25) is 0 Å². The molecular formula is C30H37N7O8. The van der Waals surface area contributed by atoms with E-state index >= 15 is 0 Å². The van der Waals surface area contributed by atoms with Gasteiger partial charge in [0.2, 0.25) is 5.88 Å². The number of hydrogen-bond acceptors (Lipinski definition) is 11. The first-order chi connectivity index (χ1) is 21.1. The third-order valence-corrected chi connectivity index (χ3v) is 5.83. The minimum absolute atomic E-state index is 0.0369. The first kappa shape index (κ1) is 32.7. The van der Waals surface area contributed by atoms with Crippen LogP contribution in [-0.4, -0.2) is 79.8 Å². The number of carbonyl (C=O) groups is 4. The van der Waals surface area contributed by atoms with Gasteiger partial charge in [-0.05, 0) is 67.0 Å². The minimum atomic E-state index is -0.784. The van der Waals surface area contributed by atoms with Crippen LogP contribution in [0.1, 0.15) is 76.6 Å². The Morgan fingerprint density at radius 2 is 1.82 bits per heavy atom. The Bertz CT molecular complexity index is 1630. The summed E-state index contributed by atoms with van der Waals surface area (Å²) in [5.41, 5.74) is 0.282. The van der Waals surface area contributed by atoms with Gasteiger partial charge in [-0.1, -0.05) is 0 Å². The second-order valence-corrected chi connectivity index (χ2v) is 11.9. The highest BCUT2D eigenvalue weighted by Crippen LogP contribution is 2.35. The molecule has 0 radical (unpaired) electrons. The normalized spacial score (nSPS) is 13.7. The molecule has 0 fully saturated rings. The van der Waals surface area contributed by atoms with Crippen molar-refractivity contribution in [2.24, 2.45) is 0 Å². The molecule has 3 aromatic rings. The summed E-state index contributed by atoms with van der Waals surface area (Å²) in [6.07, 6.45) is 4.97. The van der Waals surface area contributed by atoms with E-state index < -0.39 is 35.3 Å². The summed E-state index contributed by atoms with van der Waals surface area (Å²) < 4.78 is 22.7. The van der Waals surface area contributed by atoms with Crippen molar-refractivity contribution in [1.29, 1.82) is 0 Å². The summed E-state index contributed by atoms with van der Waals surface area (Å²) in [5.74, 6) is -0.829. The van der Waals surface area contributed by atoms with Gasteiger partial charge in [0.1, 0.15) is 22.5 Å². The van der Waals surface area contributed by atoms with E-state index in [2.05, 4.69) is 30.7 Å². The Balaban J connectivity index is 1.61. The highest BCUT2D eigenvalue weighted by atomic mass is 16.6. The number of esters is 1. The van der Waals surface area contributed by atoms with Gasteiger partial charge in [0, 0.05) is 12.7 Å². The summed E-state index contributed by atoms with van der Waals surface area (Å²) >= 11 is 0. The molecule has 3 aromatic heterocycles. The Morgan fingerprint density at radius 3 is 2.51 bits per heavy atom. The molecule has 1 aliphatic heterocycles. The number of H-pyrrole nitrogens is 1. The van der Waals surface area contributed by atoms with E-state index in [9.17, 15) is 19.2 Å². The van der Waals surface area contributed by atoms with Gasteiger partial charge in [0.05, 0.1) is 48.1 Å². The highest BCUT2D eigenvalue weighted by molar-refractivity contribution is 6.34. The van der Waals surface area contributed by atoms with Gasteiger partial charge in [-0.25, -0.2) is 24.4 Å². The summed E-state index contributed by atoms with van der Waals surface area (Å²) in [7, 11) is 0. The van der Waals surface area contributed by atoms with E-state index in [4.69, 9.17) is 18.9 Å². The van der Waals surface area contributed by atoms with Crippen LogP contribution in [0.4, 0.5) is 15.3 Å². The van der Waals surface area contributed by atoms with E-state index in [0.717, 1.165) is 4.68 Å². The number of hydrogen-bond donors (Lipinski definition) is 3.